The first-order valence-corrected chi connectivity index (χ1v) is 9.65. The Labute approximate surface area is 160 Å². The summed E-state index contributed by atoms with van der Waals surface area (Å²) in [4.78, 5) is 27.5. The molecular formula is C18H21N5O3S. The van der Waals surface area contributed by atoms with E-state index in [1.54, 1.807) is 23.7 Å². The van der Waals surface area contributed by atoms with Gasteiger partial charge in [0.25, 0.3) is 0 Å². The van der Waals surface area contributed by atoms with E-state index in [1.165, 1.54) is 4.88 Å². The predicted octanol–water partition coefficient (Wildman–Crippen LogP) is 2.16. The van der Waals surface area contributed by atoms with Gasteiger partial charge < -0.3 is 19.1 Å². The number of rotatable bonds is 5. The van der Waals surface area contributed by atoms with Gasteiger partial charge in [-0.25, -0.2) is 9.97 Å². The molecule has 1 amide bonds. The third-order valence-electron chi connectivity index (χ3n) is 4.51. The lowest BCUT2D eigenvalue weighted by atomic mass is 10.2. The molecule has 1 fully saturated rings. The summed E-state index contributed by atoms with van der Waals surface area (Å²) in [6.07, 6.45) is 1.62. The highest BCUT2D eigenvalue weighted by Gasteiger charge is 2.23. The van der Waals surface area contributed by atoms with Gasteiger partial charge in [0.1, 0.15) is 30.2 Å². The van der Waals surface area contributed by atoms with Crippen LogP contribution < -0.4 is 4.90 Å². The molecule has 9 heteroatoms. The molecule has 4 rings (SSSR count). The Morgan fingerprint density at radius 3 is 2.78 bits per heavy atom. The van der Waals surface area contributed by atoms with E-state index in [9.17, 15) is 4.79 Å². The molecule has 3 aromatic heterocycles. The van der Waals surface area contributed by atoms with Crippen molar-refractivity contribution in [3.63, 3.8) is 0 Å². The maximum absolute atomic E-state index is 12.4. The van der Waals surface area contributed by atoms with E-state index in [1.807, 2.05) is 11.8 Å². The van der Waals surface area contributed by atoms with E-state index in [0.29, 0.717) is 18.8 Å². The zero-order chi connectivity index (χ0) is 18.8. The van der Waals surface area contributed by atoms with Crippen LogP contribution in [0.3, 0.4) is 0 Å². The zero-order valence-electron chi connectivity index (χ0n) is 15.3. The Hall–Kier alpha value is -2.52. The first-order valence-electron chi connectivity index (χ1n) is 8.84. The number of piperazine rings is 1. The topological polar surface area (TPSA) is 84.6 Å². The van der Waals surface area contributed by atoms with E-state index in [4.69, 9.17) is 9.26 Å². The maximum Gasteiger partial charge on any atom is 0.248 e. The van der Waals surface area contributed by atoms with Crippen molar-refractivity contribution < 1.29 is 14.1 Å². The van der Waals surface area contributed by atoms with Crippen LogP contribution in [0.15, 0.2) is 23.0 Å². The van der Waals surface area contributed by atoms with Crippen molar-refractivity contribution in [1.29, 1.82) is 0 Å². The summed E-state index contributed by atoms with van der Waals surface area (Å²) in [5.74, 6) is 1.57. The molecule has 8 nitrogen and oxygen atoms in total. The summed E-state index contributed by atoms with van der Waals surface area (Å²) < 4.78 is 10.5. The molecule has 4 heterocycles. The summed E-state index contributed by atoms with van der Waals surface area (Å²) in [5.41, 5.74) is 0.802. The van der Waals surface area contributed by atoms with Crippen LogP contribution in [0, 0.1) is 13.8 Å². The van der Waals surface area contributed by atoms with Gasteiger partial charge in [-0.2, -0.15) is 0 Å². The SMILES string of the molecule is Cc1cc(COCC(=O)N2CCN(c3ncnc4sc(C)cc34)CC2)on1. The number of hydrogen-bond donors (Lipinski definition) is 0. The molecular weight excluding hydrogens is 366 g/mol. The molecule has 0 N–H and O–H groups in total. The normalized spacial score (nSPS) is 14.9. The number of anilines is 1. The quantitative estimate of drug-likeness (QED) is 0.663. The van der Waals surface area contributed by atoms with Gasteiger partial charge in [-0.15, -0.1) is 11.3 Å². The van der Waals surface area contributed by atoms with Gasteiger partial charge in [0.2, 0.25) is 5.91 Å². The summed E-state index contributed by atoms with van der Waals surface area (Å²) >= 11 is 1.67. The molecule has 0 aromatic carbocycles. The van der Waals surface area contributed by atoms with Gasteiger partial charge in [0.05, 0.1) is 11.1 Å². The number of nitrogens with zero attached hydrogens (tertiary/aromatic N) is 5. The van der Waals surface area contributed by atoms with Crippen LogP contribution in [-0.2, 0) is 16.1 Å². The first-order chi connectivity index (χ1) is 13.1. The van der Waals surface area contributed by atoms with Crippen LogP contribution in [0.5, 0.6) is 0 Å². The standard InChI is InChI=1S/C18H21N5O3S/c1-12-7-14(26-21-12)9-25-10-16(24)22-3-5-23(6-4-22)17-15-8-13(2)27-18(15)20-11-19-17/h7-8,11H,3-6,9-10H2,1-2H3. The molecule has 0 unspecified atom stereocenters. The first kappa shape index (κ1) is 17.9. The number of amides is 1. The van der Waals surface area contributed by atoms with Crippen LogP contribution in [-0.4, -0.2) is 58.7 Å². The van der Waals surface area contributed by atoms with Crippen molar-refractivity contribution in [2.45, 2.75) is 20.5 Å². The molecule has 0 bridgehead atoms. The molecule has 3 aromatic rings. The molecule has 27 heavy (non-hydrogen) atoms. The Morgan fingerprint density at radius 1 is 1.22 bits per heavy atom. The minimum absolute atomic E-state index is 0.00917. The number of carbonyl (C=O) groups excluding carboxylic acids is 1. The summed E-state index contributed by atoms with van der Waals surface area (Å²) in [7, 11) is 0. The van der Waals surface area contributed by atoms with Crippen molar-refractivity contribution in [3.8, 4) is 0 Å². The van der Waals surface area contributed by atoms with Gasteiger partial charge in [0.15, 0.2) is 5.76 Å². The Balaban J connectivity index is 1.31. The number of aromatic nitrogens is 3. The highest BCUT2D eigenvalue weighted by molar-refractivity contribution is 7.18. The number of aryl methyl sites for hydroxylation is 2. The van der Waals surface area contributed by atoms with Gasteiger partial charge in [0, 0.05) is 37.1 Å². The second kappa shape index (κ2) is 7.61. The second-order valence-corrected chi connectivity index (χ2v) is 7.80. The minimum atomic E-state index is -0.00917. The molecule has 0 aliphatic carbocycles. The Morgan fingerprint density at radius 2 is 2.04 bits per heavy atom. The van der Waals surface area contributed by atoms with Crippen LogP contribution in [0.2, 0.25) is 0 Å². The van der Waals surface area contributed by atoms with Crippen LogP contribution in [0.4, 0.5) is 5.82 Å². The van der Waals surface area contributed by atoms with Crippen molar-refractivity contribution in [2.24, 2.45) is 0 Å². The van der Waals surface area contributed by atoms with Gasteiger partial charge in [-0.05, 0) is 19.9 Å². The second-order valence-electron chi connectivity index (χ2n) is 6.57. The average Bonchev–Trinajstić information content (AvgIpc) is 3.25. The molecule has 0 saturated carbocycles. The highest BCUT2D eigenvalue weighted by Crippen LogP contribution is 2.30. The van der Waals surface area contributed by atoms with Crippen LogP contribution in [0.25, 0.3) is 10.2 Å². The lowest BCUT2D eigenvalue weighted by molar-refractivity contribution is -0.137. The fourth-order valence-electron chi connectivity index (χ4n) is 3.20. The Kier molecular flexibility index (Phi) is 5.04. The third-order valence-corrected chi connectivity index (χ3v) is 5.47. The number of carbonyl (C=O) groups is 1. The number of thiophene rings is 1. The fraction of sp³-hybridized carbons (Fsp3) is 0.444. The minimum Gasteiger partial charge on any atom is -0.364 e. The van der Waals surface area contributed by atoms with Gasteiger partial charge in [-0.3, -0.25) is 4.79 Å². The van der Waals surface area contributed by atoms with Crippen molar-refractivity contribution in [3.05, 3.63) is 34.8 Å². The lowest BCUT2D eigenvalue weighted by Crippen LogP contribution is -2.50. The summed E-state index contributed by atoms with van der Waals surface area (Å²) in [5, 5.41) is 4.89. The molecule has 0 atom stereocenters. The third kappa shape index (κ3) is 3.93. The molecule has 0 spiro atoms. The fourth-order valence-corrected chi connectivity index (χ4v) is 4.04. The lowest BCUT2D eigenvalue weighted by Gasteiger charge is -2.35. The maximum atomic E-state index is 12.4. The van der Waals surface area contributed by atoms with Gasteiger partial charge >= 0.3 is 0 Å². The predicted molar refractivity (Wildman–Crippen MR) is 102 cm³/mol. The highest BCUT2D eigenvalue weighted by atomic mass is 32.1. The summed E-state index contributed by atoms with van der Waals surface area (Å²) in [6, 6.07) is 3.93. The zero-order valence-corrected chi connectivity index (χ0v) is 16.2. The molecule has 0 radical (unpaired) electrons. The van der Waals surface area contributed by atoms with Crippen molar-refractivity contribution in [1.82, 2.24) is 20.0 Å². The molecule has 142 valence electrons. The summed E-state index contributed by atoms with van der Waals surface area (Å²) in [6.45, 7) is 7.01. The van der Waals surface area contributed by atoms with E-state index < -0.39 is 0 Å². The van der Waals surface area contributed by atoms with Crippen LogP contribution in [0.1, 0.15) is 16.3 Å². The number of ether oxygens (including phenoxy) is 1. The van der Waals surface area contributed by atoms with Crippen molar-refractivity contribution >= 4 is 33.3 Å². The smallest absolute Gasteiger partial charge is 0.248 e. The molecule has 1 aliphatic rings. The van der Waals surface area contributed by atoms with E-state index in [2.05, 4.69) is 33.0 Å². The van der Waals surface area contributed by atoms with Crippen LogP contribution >= 0.6 is 11.3 Å². The van der Waals surface area contributed by atoms with E-state index in [0.717, 1.165) is 34.8 Å². The Bertz CT molecular complexity index is 946. The monoisotopic (exact) mass is 387 g/mol. The average molecular weight is 387 g/mol. The number of hydrogen-bond acceptors (Lipinski definition) is 8. The molecule has 1 aliphatic heterocycles. The number of fused-ring (bicyclic) bond motifs is 1. The van der Waals surface area contributed by atoms with E-state index in [-0.39, 0.29) is 19.1 Å². The van der Waals surface area contributed by atoms with E-state index >= 15 is 0 Å². The molecule has 1 saturated heterocycles. The van der Waals surface area contributed by atoms with Gasteiger partial charge in [-0.1, -0.05) is 5.16 Å². The largest absolute Gasteiger partial charge is 0.364 e. The van der Waals surface area contributed by atoms with Crippen molar-refractivity contribution in [2.75, 3.05) is 37.7 Å².